The van der Waals surface area contributed by atoms with Gasteiger partial charge < -0.3 is 4.74 Å². The number of ether oxygens (including phenoxy) is 1. The molecule has 0 aliphatic carbocycles. The van der Waals surface area contributed by atoms with E-state index in [1.54, 1.807) is 0 Å². The van der Waals surface area contributed by atoms with Gasteiger partial charge in [-0.25, -0.2) is 4.98 Å². The molecule has 72 heavy (non-hydrogen) atoms. The summed E-state index contributed by atoms with van der Waals surface area (Å²) in [6.07, 6.45) is 6.78. The highest BCUT2D eigenvalue weighted by Gasteiger charge is 2.25. The van der Waals surface area contributed by atoms with E-state index >= 15 is 0 Å². The minimum Gasteiger partial charge on any atom is -0.458 e. The number of imidazole rings is 1. The molecule has 0 aliphatic heterocycles. The molecule has 0 N–H and O–H groups in total. The number of pyridine rings is 1. The number of hydrogen-bond acceptors (Lipinski definition) is 2. The van der Waals surface area contributed by atoms with Crippen molar-refractivity contribution in [1.82, 2.24) is 14.1 Å². The molecular formula is C67H62N4O. The maximum atomic E-state index is 6.88. The van der Waals surface area contributed by atoms with Gasteiger partial charge in [0, 0.05) is 23.0 Å². The quantitative estimate of drug-likeness (QED) is 0.107. The third-order valence-electron chi connectivity index (χ3n) is 13.8. The van der Waals surface area contributed by atoms with E-state index in [-0.39, 0.29) is 16.2 Å². The molecule has 356 valence electrons. The molecule has 0 bridgehead atoms. The van der Waals surface area contributed by atoms with Crippen molar-refractivity contribution < 1.29 is 9.30 Å². The maximum Gasteiger partial charge on any atom is 0.269 e. The van der Waals surface area contributed by atoms with Crippen LogP contribution in [0.3, 0.4) is 0 Å². The van der Waals surface area contributed by atoms with E-state index in [1.165, 1.54) is 38.8 Å². The first kappa shape index (κ1) is 46.4. The summed E-state index contributed by atoms with van der Waals surface area (Å²) in [6.45, 7) is 20.7. The molecular weight excluding hydrogens is 877 g/mol. The molecule has 0 radical (unpaired) electrons. The van der Waals surface area contributed by atoms with Gasteiger partial charge in [0.2, 0.25) is 0 Å². The van der Waals surface area contributed by atoms with Gasteiger partial charge in [-0.05, 0) is 127 Å². The molecule has 0 spiro atoms. The molecule has 0 saturated heterocycles. The monoisotopic (exact) mass is 938 g/mol. The standard InChI is InChI=1S/C67H62N4O/c1-65(2,3)43-45-34-35-68-63(36-45)71-59-33-30-48(46-20-12-10-13-21-46)39-58(59)57-32-31-54(42-62(57)71)72-53-25-18-24-52(41-53)69-44-70(61-29-17-16-28-60(61)69)64-55(47-22-14-11-15-23-47)26-19-27-56(64)49-37-50(66(4,5)6)40-51(38-49)67(7,8)9/h10-42H,43H2,1-9H3. The molecule has 0 amide bonds. The predicted octanol–water partition coefficient (Wildman–Crippen LogP) is 17.2. The summed E-state index contributed by atoms with van der Waals surface area (Å²) >= 11 is 0. The van der Waals surface area contributed by atoms with E-state index in [0.717, 1.165) is 79.3 Å². The smallest absolute Gasteiger partial charge is 0.269 e. The summed E-state index contributed by atoms with van der Waals surface area (Å²) in [5, 5.41) is 2.31. The average molecular weight is 939 g/mol. The number of benzene rings is 8. The maximum absolute atomic E-state index is 6.88. The lowest BCUT2D eigenvalue weighted by molar-refractivity contribution is -0.571. The highest BCUT2D eigenvalue weighted by atomic mass is 16.5. The fourth-order valence-corrected chi connectivity index (χ4v) is 10.2. The van der Waals surface area contributed by atoms with Crippen LogP contribution in [0, 0.1) is 11.7 Å². The van der Waals surface area contributed by atoms with Crippen molar-refractivity contribution in [2.75, 3.05) is 0 Å². The van der Waals surface area contributed by atoms with Gasteiger partial charge in [-0.1, -0.05) is 196 Å². The van der Waals surface area contributed by atoms with E-state index < -0.39 is 0 Å². The van der Waals surface area contributed by atoms with Crippen molar-refractivity contribution in [2.45, 2.75) is 79.6 Å². The van der Waals surface area contributed by atoms with Crippen molar-refractivity contribution in [3.63, 3.8) is 0 Å². The first-order valence-corrected chi connectivity index (χ1v) is 25.2. The fraction of sp³-hybridized carbons (Fsp3) is 0.194. The van der Waals surface area contributed by atoms with Gasteiger partial charge in [-0.2, -0.15) is 0 Å². The van der Waals surface area contributed by atoms with Gasteiger partial charge >= 0.3 is 0 Å². The van der Waals surface area contributed by atoms with E-state index in [9.17, 15) is 0 Å². The second kappa shape index (κ2) is 18.0. The number of para-hydroxylation sites is 3. The summed E-state index contributed by atoms with van der Waals surface area (Å²) in [7, 11) is 0. The van der Waals surface area contributed by atoms with Crippen LogP contribution in [-0.2, 0) is 17.3 Å². The van der Waals surface area contributed by atoms with E-state index in [4.69, 9.17) is 9.72 Å². The number of nitrogens with zero attached hydrogens (tertiary/aromatic N) is 4. The molecule has 0 aliphatic rings. The van der Waals surface area contributed by atoms with Crippen molar-refractivity contribution in [2.24, 2.45) is 5.41 Å². The van der Waals surface area contributed by atoms with Gasteiger partial charge in [-0.3, -0.25) is 13.7 Å². The lowest BCUT2D eigenvalue weighted by Crippen LogP contribution is -2.31. The largest absolute Gasteiger partial charge is 0.458 e. The van der Waals surface area contributed by atoms with Crippen molar-refractivity contribution >= 4 is 32.8 Å². The number of aromatic nitrogens is 4. The lowest BCUT2D eigenvalue weighted by Gasteiger charge is -2.27. The highest BCUT2D eigenvalue weighted by molar-refractivity contribution is 6.10. The molecule has 0 fully saturated rings. The van der Waals surface area contributed by atoms with Crippen LogP contribution in [0.25, 0.3) is 83.4 Å². The van der Waals surface area contributed by atoms with E-state index in [2.05, 4.69) is 270 Å². The molecule has 0 atom stereocenters. The van der Waals surface area contributed by atoms with Crippen molar-refractivity contribution in [1.29, 1.82) is 0 Å². The normalized spacial score (nSPS) is 12.3. The van der Waals surface area contributed by atoms with Crippen LogP contribution in [0.15, 0.2) is 200 Å². The zero-order chi connectivity index (χ0) is 49.9. The zero-order valence-corrected chi connectivity index (χ0v) is 43.0. The minimum absolute atomic E-state index is 0.0402. The average Bonchev–Trinajstić information content (AvgIpc) is 3.91. The minimum atomic E-state index is -0.0402. The molecule has 0 saturated carbocycles. The van der Waals surface area contributed by atoms with E-state index in [0.29, 0.717) is 0 Å². The Hall–Kier alpha value is -8.02. The van der Waals surface area contributed by atoms with Crippen LogP contribution in [-0.4, -0.2) is 14.1 Å². The Labute approximate surface area is 424 Å². The number of rotatable bonds is 9. The van der Waals surface area contributed by atoms with Crippen LogP contribution in [0.1, 0.15) is 79.0 Å². The Morgan fingerprint density at radius 3 is 1.85 bits per heavy atom. The third-order valence-corrected chi connectivity index (χ3v) is 13.8. The summed E-state index contributed by atoms with van der Waals surface area (Å²) in [6, 6.07) is 69.7. The summed E-state index contributed by atoms with van der Waals surface area (Å²) in [4.78, 5) is 4.99. The van der Waals surface area contributed by atoms with Crippen molar-refractivity contribution in [3.8, 4) is 62.1 Å². The lowest BCUT2D eigenvalue weighted by atomic mass is 9.78. The van der Waals surface area contributed by atoms with Crippen LogP contribution in [0.2, 0.25) is 0 Å². The highest BCUT2D eigenvalue weighted by Crippen LogP contribution is 2.41. The molecule has 11 aromatic rings. The Bertz CT molecular complexity index is 3770. The summed E-state index contributed by atoms with van der Waals surface area (Å²) in [5.41, 5.74) is 17.1. The van der Waals surface area contributed by atoms with Gasteiger partial charge in [0.15, 0.2) is 0 Å². The van der Waals surface area contributed by atoms with Crippen LogP contribution in [0.4, 0.5) is 0 Å². The first-order valence-electron chi connectivity index (χ1n) is 25.2. The Balaban J connectivity index is 1.04. The first-order chi connectivity index (χ1) is 34.6. The molecule has 5 heteroatoms. The van der Waals surface area contributed by atoms with Gasteiger partial charge in [0.1, 0.15) is 17.3 Å². The molecule has 11 rings (SSSR count). The third kappa shape index (κ3) is 9.01. The Morgan fingerprint density at radius 1 is 0.486 bits per heavy atom. The molecule has 3 heterocycles. The predicted molar refractivity (Wildman–Crippen MR) is 299 cm³/mol. The van der Waals surface area contributed by atoms with Crippen LogP contribution >= 0.6 is 0 Å². The van der Waals surface area contributed by atoms with Crippen LogP contribution in [0.5, 0.6) is 11.5 Å². The van der Waals surface area contributed by atoms with Gasteiger partial charge in [0.05, 0.1) is 33.4 Å². The second-order valence-corrected chi connectivity index (χ2v) is 22.6. The van der Waals surface area contributed by atoms with Crippen molar-refractivity contribution in [3.05, 3.63) is 223 Å². The molecule has 0 unspecified atom stereocenters. The summed E-state index contributed by atoms with van der Waals surface area (Å²) < 4.78 is 13.6. The van der Waals surface area contributed by atoms with Gasteiger partial charge in [-0.15, -0.1) is 0 Å². The zero-order valence-electron chi connectivity index (χ0n) is 43.0. The second-order valence-electron chi connectivity index (χ2n) is 22.6. The van der Waals surface area contributed by atoms with E-state index in [1.807, 2.05) is 12.3 Å². The Morgan fingerprint density at radius 2 is 1.14 bits per heavy atom. The molecule has 3 aromatic heterocycles. The van der Waals surface area contributed by atoms with Gasteiger partial charge in [0.25, 0.3) is 6.33 Å². The van der Waals surface area contributed by atoms with Crippen LogP contribution < -0.4 is 9.30 Å². The number of fused-ring (bicyclic) bond motifs is 4. The fourth-order valence-electron chi connectivity index (χ4n) is 10.2. The molecule has 5 nitrogen and oxygen atoms in total. The SMILES string of the molecule is CC(C)(C)Cc1ccnc(-n2c3ccc(-c4ccccc4)cc3c3ccc(Oc4cccc(-n5[c-][n+](-c6c(-c7ccccc7)cccc6-c6cc(C(C)(C)C)cc(C(C)(C)C)c6)c6ccccc65)c4)cc32)c1. The Kier molecular flexibility index (Phi) is 11.6. The molecule has 8 aromatic carbocycles. The number of hydrogen-bond donors (Lipinski definition) is 0. The summed E-state index contributed by atoms with van der Waals surface area (Å²) in [5.74, 6) is 2.35. The topological polar surface area (TPSA) is 35.9 Å².